The topological polar surface area (TPSA) is 87.1 Å². The van der Waals surface area contributed by atoms with Gasteiger partial charge in [0, 0.05) is 5.69 Å². The number of nitrogens with two attached hydrogens (primary N) is 1. The Morgan fingerprint density at radius 1 is 1.20 bits per heavy atom. The van der Waals surface area contributed by atoms with E-state index in [4.69, 9.17) is 11.0 Å². The quantitative estimate of drug-likeness (QED) is 0.507. The van der Waals surface area contributed by atoms with Crippen LogP contribution >= 0.6 is 0 Å². The van der Waals surface area contributed by atoms with Gasteiger partial charge in [-0.3, -0.25) is 0 Å². The fourth-order valence-electron chi connectivity index (χ4n) is 1.82. The van der Waals surface area contributed by atoms with Crippen LogP contribution in [0.1, 0.15) is 16.7 Å². The van der Waals surface area contributed by atoms with Crippen LogP contribution < -0.4 is 5.73 Å². The molecule has 0 fully saturated rings. The van der Waals surface area contributed by atoms with Crippen molar-refractivity contribution in [2.24, 2.45) is 0 Å². The lowest BCUT2D eigenvalue weighted by molar-refractivity contribution is -0.130. The summed E-state index contributed by atoms with van der Waals surface area (Å²) in [5.41, 5.74) is 7.93. The summed E-state index contributed by atoms with van der Waals surface area (Å²) in [5, 5.41) is 18.2. The number of anilines is 1. The van der Waals surface area contributed by atoms with Crippen molar-refractivity contribution in [2.75, 3.05) is 5.73 Å². The molecule has 0 radical (unpaired) electrons. The third-order valence-electron chi connectivity index (χ3n) is 2.83. The predicted molar refractivity (Wildman–Crippen MR) is 77.5 cm³/mol. The molecule has 0 saturated heterocycles. The second-order valence-electron chi connectivity index (χ2n) is 4.18. The van der Waals surface area contributed by atoms with Crippen LogP contribution in [0.15, 0.2) is 48.5 Å². The number of hydrogen-bond acceptors (Lipinski definition) is 3. The maximum atomic E-state index is 11.4. The summed E-state index contributed by atoms with van der Waals surface area (Å²) in [7, 11) is 0. The zero-order valence-corrected chi connectivity index (χ0v) is 10.6. The molecule has 0 aromatic heterocycles. The van der Waals surface area contributed by atoms with E-state index in [1.165, 1.54) is 6.08 Å². The minimum Gasteiger partial charge on any atom is -0.478 e. The number of hydrogen-bond donors (Lipinski definition) is 2. The van der Waals surface area contributed by atoms with Gasteiger partial charge in [-0.15, -0.1) is 0 Å². The van der Waals surface area contributed by atoms with E-state index < -0.39 is 5.97 Å². The summed E-state index contributed by atoms with van der Waals surface area (Å²) in [5.74, 6) is -1.07. The van der Waals surface area contributed by atoms with E-state index in [1.807, 2.05) is 6.07 Å². The fourth-order valence-corrected chi connectivity index (χ4v) is 1.82. The first-order valence-electron chi connectivity index (χ1n) is 5.92. The van der Waals surface area contributed by atoms with E-state index in [0.717, 1.165) is 0 Å². The van der Waals surface area contributed by atoms with E-state index in [-0.39, 0.29) is 5.57 Å². The van der Waals surface area contributed by atoms with Gasteiger partial charge < -0.3 is 10.8 Å². The molecule has 0 saturated carbocycles. The molecule has 0 aliphatic rings. The molecule has 2 rings (SSSR count). The lowest BCUT2D eigenvalue weighted by Crippen LogP contribution is -2.00. The van der Waals surface area contributed by atoms with Crippen LogP contribution in [0.25, 0.3) is 11.6 Å². The van der Waals surface area contributed by atoms with Crippen molar-refractivity contribution in [3.05, 3.63) is 65.2 Å². The monoisotopic (exact) mass is 264 g/mol. The molecule has 2 aromatic rings. The Hall–Kier alpha value is -3.06. The molecule has 0 aliphatic carbocycles. The van der Waals surface area contributed by atoms with Gasteiger partial charge in [-0.05, 0) is 35.4 Å². The fraction of sp³-hybridized carbons (Fsp3) is 0. The molecular formula is C16H12N2O2. The smallest absolute Gasteiger partial charge is 0.336 e. The van der Waals surface area contributed by atoms with Gasteiger partial charge in [0.25, 0.3) is 0 Å². The largest absolute Gasteiger partial charge is 0.478 e. The average molecular weight is 264 g/mol. The average Bonchev–Trinajstić information content (AvgIpc) is 2.46. The molecule has 3 N–H and O–H groups in total. The summed E-state index contributed by atoms with van der Waals surface area (Å²) in [4.78, 5) is 11.4. The maximum absolute atomic E-state index is 11.4. The number of nitriles is 1. The van der Waals surface area contributed by atoms with Crippen molar-refractivity contribution in [1.82, 2.24) is 0 Å². The molecule has 2 aromatic carbocycles. The third-order valence-corrected chi connectivity index (χ3v) is 2.83. The number of para-hydroxylation sites is 1. The standard InChI is InChI=1S/C16H12N2O2/c17-10-11-4-3-6-12(8-11)14(16(19)20)9-13-5-1-2-7-15(13)18/h1-9H,18H2,(H,19,20)/b14-9+. The number of carbonyl (C=O) groups is 1. The molecule has 20 heavy (non-hydrogen) atoms. The van der Waals surface area contributed by atoms with Crippen molar-refractivity contribution in [2.45, 2.75) is 0 Å². The SMILES string of the molecule is N#Cc1cccc(/C(=C\c2ccccc2N)C(=O)O)c1. The number of nitrogen functional groups attached to an aromatic ring is 1. The van der Waals surface area contributed by atoms with E-state index in [9.17, 15) is 9.90 Å². The molecule has 0 aliphatic heterocycles. The highest BCUT2D eigenvalue weighted by atomic mass is 16.4. The summed E-state index contributed by atoms with van der Waals surface area (Å²) in [6, 6.07) is 15.5. The van der Waals surface area contributed by atoms with Crippen LogP contribution in [0.4, 0.5) is 5.69 Å². The van der Waals surface area contributed by atoms with Gasteiger partial charge in [-0.25, -0.2) is 4.79 Å². The lowest BCUT2D eigenvalue weighted by Gasteiger charge is -2.05. The number of carboxylic acid groups (broad SMARTS) is 1. The molecule has 0 heterocycles. The normalized spacial score (nSPS) is 10.8. The first-order valence-corrected chi connectivity index (χ1v) is 5.92. The van der Waals surface area contributed by atoms with Crippen molar-refractivity contribution >= 4 is 23.3 Å². The minimum atomic E-state index is -1.07. The van der Waals surface area contributed by atoms with E-state index in [1.54, 1.807) is 48.5 Å². The van der Waals surface area contributed by atoms with Gasteiger partial charge in [0.15, 0.2) is 0 Å². The van der Waals surface area contributed by atoms with Crippen molar-refractivity contribution in [1.29, 1.82) is 5.26 Å². The van der Waals surface area contributed by atoms with Crippen molar-refractivity contribution in [3.8, 4) is 6.07 Å². The molecular weight excluding hydrogens is 252 g/mol. The maximum Gasteiger partial charge on any atom is 0.336 e. The molecule has 0 atom stereocenters. The minimum absolute atomic E-state index is 0.0972. The zero-order chi connectivity index (χ0) is 14.5. The predicted octanol–water partition coefficient (Wildman–Crippen LogP) is 2.77. The number of nitrogens with zero attached hydrogens (tertiary/aromatic N) is 1. The molecule has 0 amide bonds. The van der Waals surface area contributed by atoms with Gasteiger partial charge in [0.05, 0.1) is 17.2 Å². The first-order chi connectivity index (χ1) is 9.61. The first kappa shape index (κ1) is 13.4. The van der Waals surface area contributed by atoms with E-state index >= 15 is 0 Å². The Kier molecular flexibility index (Phi) is 3.82. The van der Waals surface area contributed by atoms with Crippen molar-refractivity contribution in [3.63, 3.8) is 0 Å². The molecule has 4 heteroatoms. The number of benzene rings is 2. The Morgan fingerprint density at radius 2 is 1.95 bits per heavy atom. The third kappa shape index (κ3) is 2.85. The number of carboxylic acids is 1. The Bertz CT molecular complexity index is 727. The summed E-state index contributed by atoms with van der Waals surface area (Å²) >= 11 is 0. The lowest BCUT2D eigenvalue weighted by atomic mass is 10.0. The van der Waals surface area contributed by atoms with Crippen molar-refractivity contribution < 1.29 is 9.90 Å². The van der Waals surface area contributed by atoms with Crippen LogP contribution in [0.3, 0.4) is 0 Å². The van der Waals surface area contributed by atoms with E-state index in [2.05, 4.69) is 0 Å². The molecule has 0 spiro atoms. The summed E-state index contributed by atoms with van der Waals surface area (Å²) in [6.07, 6.45) is 1.51. The molecule has 98 valence electrons. The van der Waals surface area contributed by atoms with Crippen LogP contribution in [0.5, 0.6) is 0 Å². The van der Waals surface area contributed by atoms with Gasteiger partial charge in [0.1, 0.15) is 0 Å². The number of rotatable bonds is 3. The van der Waals surface area contributed by atoms with Gasteiger partial charge in [-0.1, -0.05) is 30.3 Å². The second kappa shape index (κ2) is 5.72. The summed E-state index contributed by atoms with van der Waals surface area (Å²) < 4.78 is 0. The Labute approximate surface area is 116 Å². The van der Waals surface area contributed by atoms with Crippen LogP contribution in [-0.2, 0) is 4.79 Å². The van der Waals surface area contributed by atoms with E-state index in [0.29, 0.717) is 22.4 Å². The summed E-state index contributed by atoms with van der Waals surface area (Å²) in [6.45, 7) is 0. The highest BCUT2D eigenvalue weighted by Gasteiger charge is 2.11. The molecule has 0 unspecified atom stereocenters. The van der Waals surface area contributed by atoms with Gasteiger partial charge in [-0.2, -0.15) is 5.26 Å². The molecule has 0 bridgehead atoms. The van der Waals surface area contributed by atoms with Crippen LogP contribution in [0.2, 0.25) is 0 Å². The van der Waals surface area contributed by atoms with Crippen LogP contribution in [-0.4, -0.2) is 11.1 Å². The second-order valence-corrected chi connectivity index (χ2v) is 4.18. The Balaban J connectivity index is 2.55. The molecule has 4 nitrogen and oxygen atoms in total. The highest BCUT2D eigenvalue weighted by Crippen LogP contribution is 2.22. The number of aliphatic carboxylic acids is 1. The Morgan fingerprint density at radius 3 is 2.60 bits per heavy atom. The highest BCUT2D eigenvalue weighted by molar-refractivity contribution is 6.21. The van der Waals surface area contributed by atoms with Gasteiger partial charge in [0.2, 0.25) is 0 Å². The van der Waals surface area contributed by atoms with Crippen LogP contribution in [0, 0.1) is 11.3 Å². The van der Waals surface area contributed by atoms with Gasteiger partial charge >= 0.3 is 5.97 Å². The zero-order valence-electron chi connectivity index (χ0n) is 10.6.